The quantitative estimate of drug-likeness (QED) is 0.687. The Morgan fingerprint density at radius 3 is 2.46 bits per heavy atom. The van der Waals surface area contributed by atoms with E-state index in [0.717, 1.165) is 16.1 Å². The minimum Gasteiger partial charge on any atom is -0.490 e. The van der Waals surface area contributed by atoms with Crippen molar-refractivity contribution >= 4 is 28.0 Å². The molecule has 24 heavy (non-hydrogen) atoms. The molecule has 0 aliphatic rings. The largest absolute Gasteiger partial charge is 0.490 e. The van der Waals surface area contributed by atoms with Crippen LogP contribution in [-0.2, 0) is 11.4 Å². The summed E-state index contributed by atoms with van der Waals surface area (Å²) in [6.07, 6.45) is 2.60. The lowest BCUT2D eigenvalue weighted by atomic mass is 10.1. The molecule has 0 aromatic heterocycles. The fraction of sp³-hybridized carbons (Fsp3) is 0.211. The first kappa shape index (κ1) is 18.1. The van der Waals surface area contributed by atoms with Crippen molar-refractivity contribution in [3.63, 3.8) is 0 Å². The van der Waals surface area contributed by atoms with E-state index >= 15 is 0 Å². The summed E-state index contributed by atoms with van der Waals surface area (Å²) in [6, 6.07) is 11.7. The van der Waals surface area contributed by atoms with Crippen molar-refractivity contribution in [2.24, 2.45) is 0 Å². The number of aryl methyl sites for hydroxylation is 1. The highest BCUT2D eigenvalue weighted by atomic mass is 79.9. The number of hydrogen-bond acceptors (Lipinski definition) is 3. The topological polar surface area (TPSA) is 55.8 Å². The minimum atomic E-state index is -1.00. The fourth-order valence-electron chi connectivity index (χ4n) is 2.07. The van der Waals surface area contributed by atoms with Crippen molar-refractivity contribution in [2.45, 2.75) is 20.5 Å². The van der Waals surface area contributed by atoms with Gasteiger partial charge in [-0.15, -0.1) is 0 Å². The van der Waals surface area contributed by atoms with E-state index in [1.54, 1.807) is 12.1 Å². The summed E-state index contributed by atoms with van der Waals surface area (Å²) in [4.78, 5) is 10.7. The summed E-state index contributed by atoms with van der Waals surface area (Å²) < 4.78 is 12.2. The summed E-state index contributed by atoms with van der Waals surface area (Å²) in [5, 5.41) is 8.76. The highest BCUT2D eigenvalue weighted by Crippen LogP contribution is 2.35. The van der Waals surface area contributed by atoms with Crippen LogP contribution in [0.3, 0.4) is 0 Å². The van der Waals surface area contributed by atoms with Gasteiger partial charge in [0, 0.05) is 10.5 Å². The number of benzene rings is 2. The molecule has 0 heterocycles. The Balaban J connectivity index is 2.22. The normalized spacial score (nSPS) is 10.8. The van der Waals surface area contributed by atoms with Crippen molar-refractivity contribution < 1.29 is 19.4 Å². The van der Waals surface area contributed by atoms with Gasteiger partial charge in [0.25, 0.3) is 0 Å². The van der Waals surface area contributed by atoms with E-state index in [-0.39, 0.29) is 0 Å². The van der Waals surface area contributed by atoms with Crippen molar-refractivity contribution in [3.8, 4) is 11.5 Å². The Labute approximate surface area is 149 Å². The fourth-order valence-corrected chi connectivity index (χ4v) is 2.52. The zero-order chi connectivity index (χ0) is 17.5. The van der Waals surface area contributed by atoms with Crippen LogP contribution >= 0.6 is 15.9 Å². The molecular weight excluding hydrogens is 372 g/mol. The number of carboxylic acids is 1. The molecule has 0 spiro atoms. The van der Waals surface area contributed by atoms with Crippen LogP contribution in [0.15, 0.2) is 46.9 Å². The molecule has 126 valence electrons. The molecular formula is C19H19BrO4. The van der Waals surface area contributed by atoms with Gasteiger partial charge in [0.1, 0.15) is 6.61 Å². The molecule has 0 aliphatic heterocycles. The van der Waals surface area contributed by atoms with E-state index in [9.17, 15) is 4.79 Å². The van der Waals surface area contributed by atoms with Gasteiger partial charge in [0.15, 0.2) is 11.5 Å². The van der Waals surface area contributed by atoms with E-state index in [1.807, 2.05) is 38.1 Å². The highest BCUT2D eigenvalue weighted by Gasteiger charge is 2.10. The van der Waals surface area contributed by atoms with Crippen molar-refractivity contribution in [2.75, 3.05) is 6.61 Å². The average Bonchev–Trinajstić information content (AvgIpc) is 2.55. The zero-order valence-electron chi connectivity index (χ0n) is 13.6. The van der Waals surface area contributed by atoms with Crippen LogP contribution in [0.4, 0.5) is 0 Å². The second-order valence-electron chi connectivity index (χ2n) is 5.20. The molecule has 0 radical (unpaired) electrons. The Kier molecular flexibility index (Phi) is 6.44. The third-order valence-electron chi connectivity index (χ3n) is 3.28. The second-order valence-corrected chi connectivity index (χ2v) is 6.05. The van der Waals surface area contributed by atoms with Crippen LogP contribution in [-0.4, -0.2) is 17.7 Å². The first-order valence-corrected chi connectivity index (χ1v) is 8.34. The maximum Gasteiger partial charge on any atom is 0.328 e. The molecule has 0 saturated carbocycles. The standard InChI is InChI=1S/C19H19BrO4/c1-3-23-17-10-15(8-9-19(21)22)16(20)11-18(17)24-12-14-6-4-13(2)5-7-14/h4-11H,3,12H2,1-2H3,(H,21,22). The minimum absolute atomic E-state index is 0.428. The average molecular weight is 391 g/mol. The molecule has 0 fully saturated rings. The van der Waals surface area contributed by atoms with Gasteiger partial charge in [-0.2, -0.15) is 0 Å². The number of hydrogen-bond donors (Lipinski definition) is 1. The zero-order valence-corrected chi connectivity index (χ0v) is 15.2. The van der Waals surface area contributed by atoms with Gasteiger partial charge in [0.05, 0.1) is 6.61 Å². The van der Waals surface area contributed by atoms with Gasteiger partial charge in [-0.3, -0.25) is 0 Å². The third kappa shape index (κ3) is 5.13. The lowest BCUT2D eigenvalue weighted by Crippen LogP contribution is -2.00. The monoisotopic (exact) mass is 390 g/mol. The molecule has 1 N–H and O–H groups in total. The number of carbonyl (C=O) groups is 1. The molecule has 2 aromatic carbocycles. The molecule has 0 amide bonds. The molecule has 0 saturated heterocycles. The van der Waals surface area contributed by atoms with Gasteiger partial charge in [-0.1, -0.05) is 45.8 Å². The summed E-state index contributed by atoms with van der Waals surface area (Å²) in [5.74, 6) is 0.189. The molecule has 0 atom stereocenters. The Morgan fingerprint density at radius 2 is 1.83 bits per heavy atom. The van der Waals surface area contributed by atoms with Crippen LogP contribution in [0.25, 0.3) is 6.08 Å². The SMILES string of the molecule is CCOc1cc(C=CC(=O)O)c(Br)cc1OCc1ccc(C)cc1. The summed E-state index contributed by atoms with van der Waals surface area (Å²) in [5.41, 5.74) is 2.98. The summed E-state index contributed by atoms with van der Waals surface area (Å²) in [6.45, 7) is 4.85. The van der Waals surface area contributed by atoms with Crippen LogP contribution < -0.4 is 9.47 Å². The van der Waals surface area contributed by atoms with E-state index in [0.29, 0.717) is 30.3 Å². The van der Waals surface area contributed by atoms with Gasteiger partial charge in [-0.05, 0) is 43.2 Å². The molecule has 5 heteroatoms. The maximum atomic E-state index is 10.7. The summed E-state index contributed by atoms with van der Waals surface area (Å²) in [7, 11) is 0. The van der Waals surface area contributed by atoms with Crippen molar-refractivity contribution in [1.82, 2.24) is 0 Å². The Morgan fingerprint density at radius 1 is 1.17 bits per heavy atom. The van der Waals surface area contributed by atoms with Gasteiger partial charge >= 0.3 is 5.97 Å². The molecule has 0 aliphatic carbocycles. The summed E-state index contributed by atoms with van der Waals surface area (Å²) >= 11 is 3.44. The Bertz CT molecular complexity index is 736. The molecule has 2 rings (SSSR count). The number of ether oxygens (including phenoxy) is 2. The first-order chi connectivity index (χ1) is 11.5. The van der Waals surface area contributed by atoms with E-state index in [4.69, 9.17) is 14.6 Å². The van der Waals surface area contributed by atoms with Crippen LogP contribution in [0.5, 0.6) is 11.5 Å². The van der Waals surface area contributed by atoms with E-state index in [2.05, 4.69) is 15.9 Å². The third-order valence-corrected chi connectivity index (χ3v) is 3.97. The van der Waals surface area contributed by atoms with Crippen LogP contribution in [0.1, 0.15) is 23.6 Å². The predicted molar refractivity (Wildman–Crippen MR) is 97.5 cm³/mol. The highest BCUT2D eigenvalue weighted by molar-refractivity contribution is 9.10. The van der Waals surface area contributed by atoms with Gasteiger partial charge < -0.3 is 14.6 Å². The second kappa shape index (κ2) is 8.55. The maximum absolute atomic E-state index is 10.7. The molecule has 0 unspecified atom stereocenters. The van der Waals surface area contributed by atoms with Crippen LogP contribution in [0.2, 0.25) is 0 Å². The number of rotatable bonds is 7. The molecule has 4 nitrogen and oxygen atoms in total. The first-order valence-electron chi connectivity index (χ1n) is 7.55. The predicted octanol–water partition coefficient (Wildman–Crippen LogP) is 4.83. The molecule has 2 aromatic rings. The van der Waals surface area contributed by atoms with Gasteiger partial charge in [-0.25, -0.2) is 4.79 Å². The van der Waals surface area contributed by atoms with Crippen LogP contribution in [0, 0.1) is 6.92 Å². The number of halogens is 1. The van der Waals surface area contributed by atoms with E-state index < -0.39 is 5.97 Å². The van der Waals surface area contributed by atoms with Gasteiger partial charge in [0.2, 0.25) is 0 Å². The van der Waals surface area contributed by atoms with Crippen molar-refractivity contribution in [1.29, 1.82) is 0 Å². The molecule has 0 bridgehead atoms. The smallest absolute Gasteiger partial charge is 0.328 e. The number of aliphatic carboxylic acids is 1. The van der Waals surface area contributed by atoms with Crippen molar-refractivity contribution in [3.05, 3.63) is 63.6 Å². The van der Waals surface area contributed by atoms with E-state index in [1.165, 1.54) is 11.6 Å². The lowest BCUT2D eigenvalue weighted by Gasteiger charge is -2.14. The lowest BCUT2D eigenvalue weighted by molar-refractivity contribution is -0.131. The number of carboxylic acid groups (broad SMARTS) is 1. The Hall–Kier alpha value is -2.27.